The van der Waals surface area contributed by atoms with Gasteiger partial charge in [0.25, 0.3) is 0 Å². The minimum Gasteiger partial charge on any atom is -0.467 e. The van der Waals surface area contributed by atoms with E-state index in [1.165, 1.54) is 12.0 Å². The van der Waals surface area contributed by atoms with Crippen molar-refractivity contribution < 1.29 is 28.9 Å². The summed E-state index contributed by atoms with van der Waals surface area (Å²) in [6, 6.07) is 42.6. The third kappa shape index (κ3) is 10.1. The Morgan fingerprint density at radius 1 is 0.784 bits per heavy atom. The van der Waals surface area contributed by atoms with Crippen LogP contribution in [-0.4, -0.2) is 42.1 Å². The molecule has 8 nitrogen and oxygen atoms in total. The number of methoxy groups -OCH3 is 1. The van der Waals surface area contributed by atoms with Crippen LogP contribution in [0.4, 0.5) is 4.79 Å². The Kier molecular flexibility index (Phi) is 12.5. The second-order valence-corrected chi connectivity index (χ2v) is 13.5. The number of benzene rings is 5. The number of rotatable bonds is 13. The van der Waals surface area contributed by atoms with Crippen molar-refractivity contribution in [3.63, 3.8) is 0 Å². The van der Waals surface area contributed by atoms with E-state index in [2.05, 4.69) is 34.9 Å². The SMILES string of the molecule is COC(=O)C(Cc1ccccc1)NC(=O)NCc1cccc(-c2ccc(C3OC(CSc4ccccc4)CC(c4ccc(CO)cc4)O3)cc2)c1. The minimum absolute atomic E-state index is 0.00163. The smallest absolute Gasteiger partial charge is 0.328 e. The molecule has 0 aliphatic carbocycles. The van der Waals surface area contributed by atoms with Gasteiger partial charge in [0.2, 0.25) is 0 Å². The van der Waals surface area contributed by atoms with Crippen molar-refractivity contribution >= 4 is 23.8 Å². The second-order valence-electron chi connectivity index (χ2n) is 12.4. The van der Waals surface area contributed by atoms with Gasteiger partial charge in [0.05, 0.1) is 25.9 Å². The first-order valence-electron chi connectivity index (χ1n) is 17.0. The zero-order valence-corrected chi connectivity index (χ0v) is 29.3. The van der Waals surface area contributed by atoms with Crippen LogP contribution < -0.4 is 10.6 Å². The van der Waals surface area contributed by atoms with E-state index in [-0.39, 0.29) is 25.4 Å². The summed E-state index contributed by atoms with van der Waals surface area (Å²) >= 11 is 1.77. The molecule has 0 spiro atoms. The lowest BCUT2D eigenvalue weighted by Crippen LogP contribution is -2.47. The first-order chi connectivity index (χ1) is 25.0. The van der Waals surface area contributed by atoms with E-state index >= 15 is 0 Å². The van der Waals surface area contributed by atoms with Crippen LogP contribution in [0.3, 0.4) is 0 Å². The molecule has 51 heavy (non-hydrogen) atoms. The van der Waals surface area contributed by atoms with E-state index < -0.39 is 24.3 Å². The van der Waals surface area contributed by atoms with Gasteiger partial charge >= 0.3 is 12.0 Å². The molecule has 1 fully saturated rings. The van der Waals surface area contributed by atoms with Crippen LogP contribution in [0.2, 0.25) is 0 Å². The summed E-state index contributed by atoms with van der Waals surface area (Å²) in [6.45, 7) is 0.283. The van der Waals surface area contributed by atoms with Crippen LogP contribution in [0.5, 0.6) is 0 Å². The number of hydrogen-bond donors (Lipinski definition) is 3. The van der Waals surface area contributed by atoms with Crippen LogP contribution in [0.1, 0.15) is 46.6 Å². The summed E-state index contributed by atoms with van der Waals surface area (Å²) in [5, 5.41) is 15.1. The third-order valence-electron chi connectivity index (χ3n) is 8.76. The van der Waals surface area contributed by atoms with Gasteiger partial charge in [-0.3, -0.25) is 0 Å². The number of ether oxygens (including phenoxy) is 3. The summed E-state index contributed by atoms with van der Waals surface area (Å²) < 4.78 is 18.0. The number of thioether (sulfide) groups is 1. The molecule has 1 aliphatic rings. The quantitative estimate of drug-likeness (QED) is 0.0851. The molecule has 4 unspecified atom stereocenters. The largest absolute Gasteiger partial charge is 0.467 e. The maximum Gasteiger partial charge on any atom is 0.328 e. The summed E-state index contributed by atoms with van der Waals surface area (Å²) in [7, 11) is 1.31. The lowest BCUT2D eigenvalue weighted by atomic mass is 9.99. The van der Waals surface area contributed by atoms with Crippen molar-refractivity contribution in [2.24, 2.45) is 0 Å². The zero-order chi connectivity index (χ0) is 35.4. The zero-order valence-electron chi connectivity index (χ0n) is 28.4. The molecule has 262 valence electrons. The van der Waals surface area contributed by atoms with Crippen molar-refractivity contribution in [2.45, 2.75) is 55.4 Å². The molecule has 5 aromatic rings. The average Bonchev–Trinajstić information content (AvgIpc) is 3.19. The Hall–Kier alpha value is -4.93. The van der Waals surface area contributed by atoms with Crippen LogP contribution in [-0.2, 0) is 38.6 Å². The standard InChI is InChI=1S/C42H42N2O6S/c1-48-40(46)38(24-29-9-4-2-5-10-29)44-42(47)43-26-31-11-8-12-35(23-31)32-19-21-34(22-20-32)41-49-36(28-51-37-13-6-3-7-14-37)25-39(50-41)33-17-15-30(27-45)16-18-33/h2-23,36,38-39,41,45H,24-28H2,1H3,(H2,43,44,47). The Morgan fingerprint density at radius 2 is 1.47 bits per heavy atom. The number of carbonyl (C=O) groups excluding carboxylic acids is 2. The summed E-state index contributed by atoms with van der Waals surface area (Å²) in [5.41, 5.74) is 6.70. The topological polar surface area (TPSA) is 106 Å². The van der Waals surface area contributed by atoms with Gasteiger partial charge in [-0.2, -0.15) is 0 Å². The van der Waals surface area contributed by atoms with E-state index in [1.54, 1.807) is 11.8 Å². The number of urea groups is 1. The lowest BCUT2D eigenvalue weighted by molar-refractivity contribution is -0.245. The van der Waals surface area contributed by atoms with Crippen molar-refractivity contribution in [2.75, 3.05) is 12.9 Å². The fourth-order valence-corrected chi connectivity index (χ4v) is 6.94. The van der Waals surface area contributed by atoms with Crippen LogP contribution in [0, 0.1) is 0 Å². The van der Waals surface area contributed by atoms with Gasteiger partial charge in [0.15, 0.2) is 6.29 Å². The number of aliphatic hydroxyl groups is 1. The predicted octanol–water partition coefficient (Wildman–Crippen LogP) is 7.77. The number of nitrogens with one attached hydrogen (secondary N) is 2. The first-order valence-corrected chi connectivity index (χ1v) is 18.0. The molecule has 1 saturated heterocycles. The number of carbonyl (C=O) groups is 2. The highest BCUT2D eigenvalue weighted by Crippen LogP contribution is 2.40. The van der Waals surface area contributed by atoms with Crippen molar-refractivity contribution in [1.82, 2.24) is 10.6 Å². The highest BCUT2D eigenvalue weighted by atomic mass is 32.2. The minimum atomic E-state index is -0.806. The molecular weight excluding hydrogens is 661 g/mol. The van der Waals surface area contributed by atoms with Crippen molar-refractivity contribution in [1.29, 1.82) is 0 Å². The molecule has 0 saturated carbocycles. The van der Waals surface area contributed by atoms with Crippen molar-refractivity contribution in [3.8, 4) is 11.1 Å². The first kappa shape index (κ1) is 35.9. The van der Waals surface area contributed by atoms with E-state index in [9.17, 15) is 14.7 Å². The number of amides is 2. The molecule has 3 N–H and O–H groups in total. The molecular formula is C42H42N2O6S. The van der Waals surface area contributed by atoms with E-state index in [4.69, 9.17) is 14.2 Å². The van der Waals surface area contributed by atoms with Gasteiger partial charge in [0, 0.05) is 35.6 Å². The van der Waals surface area contributed by atoms with Crippen LogP contribution in [0.25, 0.3) is 11.1 Å². The normalized spacial score (nSPS) is 17.6. The monoisotopic (exact) mass is 702 g/mol. The molecule has 0 radical (unpaired) electrons. The predicted molar refractivity (Wildman–Crippen MR) is 199 cm³/mol. The van der Waals surface area contributed by atoms with Gasteiger partial charge in [0.1, 0.15) is 6.04 Å². The Labute approximate surface area is 303 Å². The molecule has 6 rings (SSSR count). The van der Waals surface area contributed by atoms with Gasteiger partial charge in [-0.15, -0.1) is 11.8 Å². The van der Waals surface area contributed by atoms with E-state index in [0.717, 1.165) is 51.1 Å². The van der Waals surface area contributed by atoms with Gasteiger partial charge in [-0.25, -0.2) is 9.59 Å². The second kappa shape index (κ2) is 17.8. The highest BCUT2D eigenvalue weighted by Gasteiger charge is 2.32. The number of esters is 1. The maximum atomic E-state index is 12.8. The summed E-state index contributed by atoms with van der Waals surface area (Å²) in [6.07, 6.45) is 0.331. The van der Waals surface area contributed by atoms with Crippen molar-refractivity contribution in [3.05, 3.63) is 161 Å². The highest BCUT2D eigenvalue weighted by molar-refractivity contribution is 7.99. The molecule has 1 heterocycles. The molecule has 0 bridgehead atoms. The van der Waals surface area contributed by atoms with Gasteiger partial charge < -0.3 is 30.0 Å². The number of hydrogen-bond acceptors (Lipinski definition) is 7. The summed E-state index contributed by atoms with van der Waals surface area (Å²) in [5.74, 6) is 0.292. The van der Waals surface area contributed by atoms with Gasteiger partial charge in [-0.1, -0.05) is 115 Å². The van der Waals surface area contributed by atoms with Gasteiger partial charge in [-0.05, 0) is 51.6 Å². The lowest BCUT2D eigenvalue weighted by Gasteiger charge is -2.36. The molecule has 4 atom stereocenters. The van der Waals surface area contributed by atoms with E-state index in [0.29, 0.717) is 6.42 Å². The Morgan fingerprint density at radius 3 is 2.18 bits per heavy atom. The fraction of sp³-hybridized carbons (Fsp3) is 0.238. The van der Waals surface area contributed by atoms with Crippen LogP contribution in [0.15, 0.2) is 138 Å². The fourth-order valence-electron chi connectivity index (χ4n) is 6.00. The molecule has 2 amide bonds. The van der Waals surface area contributed by atoms with E-state index in [1.807, 2.05) is 109 Å². The molecule has 0 aromatic heterocycles. The summed E-state index contributed by atoms with van der Waals surface area (Å²) in [4.78, 5) is 26.4. The van der Waals surface area contributed by atoms with Crippen LogP contribution >= 0.6 is 11.8 Å². The maximum absolute atomic E-state index is 12.8. The molecule has 1 aliphatic heterocycles. The Bertz CT molecular complexity index is 1850. The average molecular weight is 703 g/mol. The third-order valence-corrected chi connectivity index (χ3v) is 9.91. The number of aliphatic hydroxyl groups excluding tert-OH is 1. The molecule has 9 heteroatoms. The Balaban J connectivity index is 1.10. The molecule has 5 aromatic carbocycles.